The first-order valence-electron chi connectivity index (χ1n) is 10.7. The molecule has 0 atom stereocenters. The van der Waals surface area contributed by atoms with Gasteiger partial charge in [0, 0.05) is 21.0 Å². The quantitative estimate of drug-likeness (QED) is 0.254. The maximum Gasteiger partial charge on any atom is 0.282 e. The van der Waals surface area contributed by atoms with E-state index in [9.17, 15) is 4.79 Å². The Morgan fingerprint density at radius 2 is 1.91 bits per heavy atom. The number of rotatable bonds is 7. The minimum Gasteiger partial charge on any atom is -0.493 e. The fourth-order valence-corrected chi connectivity index (χ4v) is 3.94. The van der Waals surface area contributed by atoms with Crippen LogP contribution in [-0.4, -0.2) is 23.0 Å². The maximum absolute atomic E-state index is 13.3. The van der Waals surface area contributed by atoms with Crippen LogP contribution in [-0.2, 0) is 6.61 Å². The summed E-state index contributed by atoms with van der Waals surface area (Å²) in [6, 6.07) is 18.4. The van der Waals surface area contributed by atoms with Gasteiger partial charge in [-0.3, -0.25) is 4.79 Å². The van der Waals surface area contributed by atoms with Crippen molar-refractivity contribution in [1.82, 2.24) is 9.66 Å². The monoisotopic (exact) mass is 539 g/mol. The number of nitrogens with zero attached hydrogens (tertiary/aromatic N) is 3. The number of ether oxygens (including phenoxy) is 2. The summed E-state index contributed by atoms with van der Waals surface area (Å²) in [4.78, 5) is 18.0. The van der Waals surface area contributed by atoms with Gasteiger partial charge in [-0.1, -0.05) is 59.6 Å². The van der Waals surface area contributed by atoms with Gasteiger partial charge in [0.05, 0.1) is 24.2 Å². The molecule has 6 nitrogen and oxygen atoms in total. The van der Waals surface area contributed by atoms with E-state index in [0.29, 0.717) is 45.4 Å². The molecule has 0 N–H and O–H groups in total. The predicted octanol–water partition coefficient (Wildman–Crippen LogP) is 6.41. The Morgan fingerprint density at radius 3 is 2.62 bits per heavy atom. The van der Waals surface area contributed by atoms with Crippen LogP contribution in [0.2, 0.25) is 5.02 Å². The molecule has 4 aromatic rings. The summed E-state index contributed by atoms with van der Waals surface area (Å²) in [5.74, 6) is 1.65. The van der Waals surface area contributed by atoms with Crippen LogP contribution in [0.1, 0.15) is 36.7 Å². The number of benzene rings is 3. The number of hydrogen-bond acceptors (Lipinski definition) is 5. The molecular formula is C26H23BrClN3O3. The predicted molar refractivity (Wildman–Crippen MR) is 140 cm³/mol. The largest absolute Gasteiger partial charge is 0.493 e. The van der Waals surface area contributed by atoms with E-state index >= 15 is 0 Å². The van der Waals surface area contributed by atoms with E-state index in [4.69, 9.17) is 21.1 Å². The first-order chi connectivity index (χ1) is 16.4. The lowest BCUT2D eigenvalue weighted by Gasteiger charge is -2.14. The molecule has 0 bridgehead atoms. The van der Waals surface area contributed by atoms with Crippen LogP contribution in [0.5, 0.6) is 11.5 Å². The molecule has 174 valence electrons. The lowest BCUT2D eigenvalue weighted by atomic mass is 10.2. The smallest absolute Gasteiger partial charge is 0.282 e. The lowest BCUT2D eigenvalue weighted by molar-refractivity contribution is 0.284. The first-order valence-corrected chi connectivity index (χ1v) is 11.8. The molecule has 8 heteroatoms. The second-order valence-electron chi connectivity index (χ2n) is 7.94. The van der Waals surface area contributed by atoms with E-state index in [1.54, 1.807) is 19.4 Å². The maximum atomic E-state index is 13.3. The first kappa shape index (κ1) is 24.0. The number of halogens is 2. The average molecular weight is 541 g/mol. The zero-order valence-electron chi connectivity index (χ0n) is 19.0. The van der Waals surface area contributed by atoms with Gasteiger partial charge in [0.25, 0.3) is 5.56 Å². The fraction of sp³-hybridized carbons (Fsp3) is 0.192. The van der Waals surface area contributed by atoms with Gasteiger partial charge in [0.15, 0.2) is 11.5 Å². The summed E-state index contributed by atoms with van der Waals surface area (Å²) in [6.45, 7) is 4.27. The second kappa shape index (κ2) is 10.4. The topological polar surface area (TPSA) is 65.7 Å². The highest BCUT2D eigenvalue weighted by atomic mass is 79.9. The van der Waals surface area contributed by atoms with Gasteiger partial charge in [-0.05, 0) is 48.0 Å². The van der Waals surface area contributed by atoms with Crippen molar-refractivity contribution >= 4 is 44.6 Å². The lowest BCUT2D eigenvalue weighted by Crippen LogP contribution is -2.23. The van der Waals surface area contributed by atoms with Gasteiger partial charge in [-0.15, -0.1) is 0 Å². The molecule has 0 aliphatic rings. The molecule has 0 saturated heterocycles. The second-order valence-corrected chi connectivity index (χ2v) is 9.29. The third-order valence-corrected chi connectivity index (χ3v) is 5.93. The number of para-hydroxylation sites is 1. The average Bonchev–Trinajstić information content (AvgIpc) is 2.83. The van der Waals surface area contributed by atoms with Crippen LogP contribution in [0.4, 0.5) is 0 Å². The van der Waals surface area contributed by atoms with Crippen molar-refractivity contribution in [2.45, 2.75) is 26.4 Å². The normalized spacial score (nSPS) is 11.5. The Labute approximate surface area is 210 Å². The van der Waals surface area contributed by atoms with E-state index in [2.05, 4.69) is 26.0 Å². The molecule has 0 amide bonds. The molecule has 0 saturated carbocycles. The van der Waals surface area contributed by atoms with Gasteiger partial charge in [0.2, 0.25) is 0 Å². The fourth-order valence-electron chi connectivity index (χ4n) is 3.46. The Bertz CT molecular complexity index is 1420. The van der Waals surface area contributed by atoms with Crippen molar-refractivity contribution < 1.29 is 9.47 Å². The van der Waals surface area contributed by atoms with E-state index in [1.807, 2.05) is 68.4 Å². The van der Waals surface area contributed by atoms with Crippen LogP contribution in [0, 0.1) is 0 Å². The molecule has 1 aromatic heterocycles. The SMILES string of the molecule is COc1cccc(C=Nn2c(C(C)C)nc3ccc(Br)cc3c2=O)c1OCc1ccc(Cl)cc1. The number of fused-ring (bicyclic) bond motifs is 1. The summed E-state index contributed by atoms with van der Waals surface area (Å²) < 4.78 is 13.8. The van der Waals surface area contributed by atoms with Crippen molar-refractivity contribution in [1.29, 1.82) is 0 Å². The number of methoxy groups -OCH3 is 1. The molecule has 0 aliphatic heterocycles. The van der Waals surface area contributed by atoms with Gasteiger partial charge in [-0.25, -0.2) is 4.98 Å². The summed E-state index contributed by atoms with van der Waals surface area (Å²) >= 11 is 9.41. The third-order valence-electron chi connectivity index (χ3n) is 5.19. The van der Waals surface area contributed by atoms with Gasteiger partial charge < -0.3 is 9.47 Å². The third kappa shape index (κ3) is 5.16. The summed E-state index contributed by atoms with van der Waals surface area (Å²) in [5, 5.41) is 5.68. The highest BCUT2D eigenvalue weighted by Gasteiger charge is 2.15. The van der Waals surface area contributed by atoms with Crippen LogP contribution in [0.25, 0.3) is 10.9 Å². The molecule has 0 spiro atoms. The summed E-state index contributed by atoms with van der Waals surface area (Å²) in [5.41, 5.74) is 2.03. The summed E-state index contributed by atoms with van der Waals surface area (Å²) in [6.07, 6.45) is 1.60. The highest BCUT2D eigenvalue weighted by molar-refractivity contribution is 9.10. The number of hydrogen-bond donors (Lipinski definition) is 0. The molecule has 3 aromatic carbocycles. The number of aromatic nitrogens is 2. The van der Waals surface area contributed by atoms with Crippen molar-refractivity contribution in [2.75, 3.05) is 7.11 Å². The van der Waals surface area contributed by atoms with E-state index < -0.39 is 0 Å². The molecule has 0 aliphatic carbocycles. The van der Waals surface area contributed by atoms with E-state index in [1.165, 1.54) is 4.68 Å². The van der Waals surface area contributed by atoms with Crippen molar-refractivity contribution in [3.05, 3.63) is 97.5 Å². The minimum absolute atomic E-state index is 0.0103. The highest BCUT2D eigenvalue weighted by Crippen LogP contribution is 2.31. The Balaban J connectivity index is 1.75. The zero-order chi connectivity index (χ0) is 24.2. The van der Waals surface area contributed by atoms with Gasteiger partial charge >= 0.3 is 0 Å². The van der Waals surface area contributed by atoms with Crippen molar-refractivity contribution in [3.63, 3.8) is 0 Å². The van der Waals surface area contributed by atoms with Crippen molar-refractivity contribution in [2.24, 2.45) is 5.10 Å². The standard InChI is InChI=1S/C26H23BrClN3O3/c1-16(2)25-30-22-12-9-19(27)13-21(22)26(32)31(25)29-14-18-5-4-6-23(33-3)24(18)34-15-17-7-10-20(28)11-8-17/h4-14,16H,15H2,1-3H3. The Kier molecular flexibility index (Phi) is 7.34. The molecular weight excluding hydrogens is 518 g/mol. The van der Waals surface area contributed by atoms with Crippen LogP contribution >= 0.6 is 27.5 Å². The molecule has 1 heterocycles. The Morgan fingerprint density at radius 1 is 1.15 bits per heavy atom. The van der Waals surface area contributed by atoms with Crippen LogP contribution in [0.15, 0.2) is 75.0 Å². The molecule has 0 fully saturated rings. The Hall–Kier alpha value is -3.16. The molecule has 4 rings (SSSR count). The summed E-state index contributed by atoms with van der Waals surface area (Å²) in [7, 11) is 1.58. The van der Waals surface area contributed by atoms with E-state index in [-0.39, 0.29) is 11.5 Å². The zero-order valence-corrected chi connectivity index (χ0v) is 21.3. The van der Waals surface area contributed by atoms with E-state index in [0.717, 1.165) is 10.0 Å². The van der Waals surface area contributed by atoms with Gasteiger partial charge in [0.1, 0.15) is 12.4 Å². The van der Waals surface area contributed by atoms with Gasteiger partial charge in [-0.2, -0.15) is 9.78 Å². The van der Waals surface area contributed by atoms with Crippen LogP contribution < -0.4 is 15.0 Å². The molecule has 34 heavy (non-hydrogen) atoms. The molecule has 0 radical (unpaired) electrons. The molecule has 0 unspecified atom stereocenters. The minimum atomic E-state index is -0.238. The van der Waals surface area contributed by atoms with Crippen LogP contribution in [0.3, 0.4) is 0 Å². The van der Waals surface area contributed by atoms with Crippen molar-refractivity contribution in [3.8, 4) is 11.5 Å².